The number of terminal acetylenes is 1. The van der Waals surface area contributed by atoms with Gasteiger partial charge in [-0.2, -0.15) is 5.11 Å². The van der Waals surface area contributed by atoms with Gasteiger partial charge in [-0.1, -0.05) is 0 Å². The molecule has 1 aliphatic heterocycles. The highest BCUT2D eigenvalue weighted by atomic mass is 15.4. The van der Waals surface area contributed by atoms with Crippen LogP contribution in [-0.2, 0) is 0 Å². The third-order valence-electron chi connectivity index (χ3n) is 0.817. The molecule has 1 rings (SSSR count). The molecule has 1 unspecified atom stereocenters. The molecule has 0 spiro atoms. The Bertz CT molecular complexity index is 151. The summed E-state index contributed by atoms with van der Waals surface area (Å²) in [5.74, 6) is 2.46. The summed E-state index contributed by atoms with van der Waals surface area (Å²) in [5.41, 5.74) is 0. The first-order valence-electron chi connectivity index (χ1n) is 2.30. The molecular formula is C5H5N3. The third-order valence-corrected chi connectivity index (χ3v) is 0.817. The van der Waals surface area contributed by atoms with Crippen LogP contribution in [0.4, 0.5) is 0 Å². The number of nitrogens with zero attached hydrogens (tertiary/aromatic N) is 3. The normalized spacial score (nSPS) is 23.6. The minimum atomic E-state index is 0.0417. The van der Waals surface area contributed by atoms with Crippen molar-refractivity contribution in [2.45, 2.75) is 12.5 Å². The standard InChI is InChI=1S/C5H5N3/c1-2-3-5-4-6-8-7-5/h1,4-5H,3H2. The molecule has 0 fully saturated rings. The molecule has 3 heteroatoms. The van der Waals surface area contributed by atoms with E-state index >= 15 is 0 Å². The van der Waals surface area contributed by atoms with Gasteiger partial charge in [-0.25, -0.2) is 0 Å². The molecule has 0 aromatic heterocycles. The Labute approximate surface area is 47.5 Å². The van der Waals surface area contributed by atoms with Gasteiger partial charge >= 0.3 is 0 Å². The first-order chi connectivity index (χ1) is 3.93. The predicted octanol–water partition coefficient (Wildman–Crippen LogP) is 0.830. The van der Waals surface area contributed by atoms with Crippen LogP contribution in [0.25, 0.3) is 0 Å². The largest absolute Gasteiger partial charge is 0.159 e. The van der Waals surface area contributed by atoms with Crippen LogP contribution in [-0.4, -0.2) is 12.3 Å². The molecule has 0 saturated carbocycles. The third kappa shape index (κ3) is 0.909. The zero-order valence-electron chi connectivity index (χ0n) is 4.28. The number of hydrogen-bond donors (Lipinski definition) is 0. The van der Waals surface area contributed by atoms with E-state index in [9.17, 15) is 0 Å². The predicted molar refractivity (Wildman–Crippen MR) is 30.6 cm³/mol. The van der Waals surface area contributed by atoms with E-state index in [1.54, 1.807) is 6.21 Å². The van der Waals surface area contributed by atoms with E-state index in [1.807, 2.05) is 0 Å². The van der Waals surface area contributed by atoms with Crippen LogP contribution in [0.5, 0.6) is 0 Å². The van der Waals surface area contributed by atoms with Crippen molar-refractivity contribution in [3.8, 4) is 12.3 Å². The molecule has 0 radical (unpaired) electrons. The smallest absolute Gasteiger partial charge is 0.121 e. The van der Waals surface area contributed by atoms with Gasteiger partial charge in [-0.05, 0) is 5.22 Å². The Balaban J connectivity index is 2.41. The van der Waals surface area contributed by atoms with Crippen molar-refractivity contribution in [3.05, 3.63) is 0 Å². The molecule has 1 heterocycles. The molecule has 0 bridgehead atoms. The quantitative estimate of drug-likeness (QED) is 0.445. The average Bonchev–Trinajstić information content (AvgIpc) is 2.19. The van der Waals surface area contributed by atoms with Crippen molar-refractivity contribution in [2.24, 2.45) is 15.4 Å². The molecule has 0 N–H and O–H groups in total. The van der Waals surface area contributed by atoms with Gasteiger partial charge in [0, 0.05) is 6.42 Å². The molecule has 40 valence electrons. The van der Waals surface area contributed by atoms with Crippen molar-refractivity contribution in [1.82, 2.24) is 0 Å². The fourth-order valence-electron chi connectivity index (χ4n) is 0.447. The Morgan fingerprint density at radius 2 is 2.62 bits per heavy atom. The minimum Gasteiger partial charge on any atom is -0.159 e. The van der Waals surface area contributed by atoms with Gasteiger partial charge in [0.05, 0.1) is 6.21 Å². The van der Waals surface area contributed by atoms with E-state index in [0.717, 1.165) is 0 Å². The highest BCUT2D eigenvalue weighted by molar-refractivity contribution is 5.65. The molecule has 1 aliphatic rings. The minimum absolute atomic E-state index is 0.0417. The van der Waals surface area contributed by atoms with Crippen molar-refractivity contribution in [3.63, 3.8) is 0 Å². The summed E-state index contributed by atoms with van der Waals surface area (Å²) < 4.78 is 0. The maximum atomic E-state index is 5.00. The Kier molecular flexibility index (Phi) is 1.38. The van der Waals surface area contributed by atoms with E-state index in [0.29, 0.717) is 6.42 Å². The molecule has 0 aliphatic carbocycles. The maximum Gasteiger partial charge on any atom is 0.121 e. The van der Waals surface area contributed by atoms with Crippen LogP contribution >= 0.6 is 0 Å². The Morgan fingerprint density at radius 3 is 3.12 bits per heavy atom. The summed E-state index contributed by atoms with van der Waals surface area (Å²) in [6, 6.07) is 0.0417. The SMILES string of the molecule is C#CCC1C=NN=N1. The monoisotopic (exact) mass is 107 g/mol. The zero-order valence-corrected chi connectivity index (χ0v) is 4.28. The highest BCUT2D eigenvalue weighted by Gasteiger charge is 2.03. The van der Waals surface area contributed by atoms with Gasteiger partial charge in [0.15, 0.2) is 0 Å². The molecule has 0 saturated heterocycles. The van der Waals surface area contributed by atoms with Gasteiger partial charge in [-0.15, -0.1) is 17.4 Å². The fraction of sp³-hybridized carbons (Fsp3) is 0.400. The Morgan fingerprint density at radius 1 is 1.75 bits per heavy atom. The van der Waals surface area contributed by atoms with Crippen LogP contribution in [0.15, 0.2) is 15.4 Å². The van der Waals surface area contributed by atoms with Gasteiger partial charge in [0.1, 0.15) is 6.04 Å². The van der Waals surface area contributed by atoms with E-state index in [1.165, 1.54) is 0 Å². The molecule has 0 amide bonds. The summed E-state index contributed by atoms with van der Waals surface area (Å²) in [5, 5.41) is 10.6. The first-order valence-corrected chi connectivity index (χ1v) is 2.30. The summed E-state index contributed by atoms with van der Waals surface area (Å²) in [4.78, 5) is 0. The Hall–Kier alpha value is -1.17. The molecule has 0 aromatic carbocycles. The van der Waals surface area contributed by atoms with E-state index in [2.05, 4.69) is 21.4 Å². The molecular weight excluding hydrogens is 102 g/mol. The van der Waals surface area contributed by atoms with Crippen molar-refractivity contribution in [2.75, 3.05) is 0 Å². The summed E-state index contributed by atoms with van der Waals surface area (Å²) in [6.45, 7) is 0. The summed E-state index contributed by atoms with van der Waals surface area (Å²) >= 11 is 0. The van der Waals surface area contributed by atoms with Crippen LogP contribution in [0.1, 0.15) is 6.42 Å². The van der Waals surface area contributed by atoms with Gasteiger partial charge < -0.3 is 0 Å². The fourth-order valence-corrected chi connectivity index (χ4v) is 0.447. The van der Waals surface area contributed by atoms with Gasteiger partial charge in [-0.3, -0.25) is 0 Å². The second kappa shape index (κ2) is 2.22. The summed E-state index contributed by atoms with van der Waals surface area (Å²) in [6.07, 6.45) is 7.24. The lowest BCUT2D eigenvalue weighted by molar-refractivity contribution is 0.862. The van der Waals surface area contributed by atoms with Crippen LogP contribution < -0.4 is 0 Å². The lowest BCUT2D eigenvalue weighted by atomic mass is 10.2. The van der Waals surface area contributed by atoms with Gasteiger partial charge in [0.25, 0.3) is 0 Å². The highest BCUT2D eigenvalue weighted by Crippen LogP contribution is 2.00. The lowest BCUT2D eigenvalue weighted by Crippen LogP contribution is -1.98. The molecule has 8 heavy (non-hydrogen) atoms. The van der Waals surface area contributed by atoms with E-state index < -0.39 is 0 Å². The topological polar surface area (TPSA) is 37.1 Å². The second-order valence-corrected chi connectivity index (χ2v) is 1.45. The zero-order chi connectivity index (χ0) is 5.82. The first kappa shape index (κ1) is 4.98. The van der Waals surface area contributed by atoms with Crippen molar-refractivity contribution in [1.29, 1.82) is 0 Å². The number of hydrogen-bond acceptors (Lipinski definition) is 3. The number of rotatable bonds is 1. The molecule has 1 atom stereocenters. The second-order valence-electron chi connectivity index (χ2n) is 1.45. The van der Waals surface area contributed by atoms with Crippen LogP contribution in [0, 0.1) is 12.3 Å². The van der Waals surface area contributed by atoms with E-state index in [4.69, 9.17) is 6.42 Å². The molecule has 3 nitrogen and oxygen atoms in total. The maximum absolute atomic E-state index is 5.00. The lowest BCUT2D eigenvalue weighted by Gasteiger charge is -1.88. The van der Waals surface area contributed by atoms with Crippen LogP contribution in [0.3, 0.4) is 0 Å². The van der Waals surface area contributed by atoms with Crippen LogP contribution in [0.2, 0.25) is 0 Å². The summed E-state index contributed by atoms with van der Waals surface area (Å²) in [7, 11) is 0. The van der Waals surface area contributed by atoms with Crippen molar-refractivity contribution < 1.29 is 0 Å². The average molecular weight is 107 g/mol. The molecule has 0 aromatic rings. The van der Waals surface area contributed by atoms with E-state index in [-0.39, 0.29) is 6.04 Å². The van der Waals surface area contributed by atoms with Gasteiger partial charge in [0.2, 0.25) is 0 Å². The van der Waals surface area contributed by atoms with Crippen molar-refractivity contribution >= 4 is 6.21 Å².